The number of anilines is 2. The zero-order valence-corrected chi connectivity index (χ0v) is 21.7. The van der Waals surface area contributed by atoms with Crippen LogP contribution in [0.1, 0.15) is 36.3 Å². The first-order valence-corrected chi connectivity index (χ1v) is 13.5. The van der Waals surface area contributed by atoms with Crippen LogP contribution in [-0.2, 0) is 11.8 Å². The average molecular weight is 521 g/mol. The molecular weight excluding hydrogens is 491 g/mol. The largest absolute Gasteiger partial charge is 0.380 e. The van der Waals surface area contributed by atoms with Crippen LogP contribution in [0.4, 0.5) is 16.2 Å². The molecule has 6 rings (SSSR count). The summed E-state index contributed by atoms with van der Waals surface area (Å²) in [5.74, 6) is 0.825. The molecule has 0 aromatic carbocycles. The van der Waals surface area contributed by atoms with Gasteiger partial charge in [0.2, 0.25) is 5.95 Å². The highest BCUT2D eigenvalue weighted by Crippen LogP contribution is 2.37. The van der Waals surface area contributed by atoms with Crippen LogP contribution in [-0.4, -0.2) is 56.8 Å². The van der Waals surface area contributed by atoms with E-state index in [4.69, 9.17) is 4.74 Å². The summed E-state index contributed by atoms with van der Waals surface area (Å²) in [7, 11) is 1.71. The molecule has 192 valence electrons. The van der Waals surface area contributed by atoms with E-state index in [-0.39, 0.29) is 17.2 Å². The van der Waals surface area contributed by atoms with Crippen molar-refractivity contribution in [2.24, 2.45) is 7.05 Å². The molecule has 2 fully saturated rings. The fourth-order valence-corrected chi connectivity index (χ4v) is 6.58. The van der Waals surface area contributed by atoms with Gasteiger partial charge in [-0.15, -0.1) is 11.3 Å². The quantitative estimate of drug-likeness (QED) is 0.411. The third-order valence-corrected chi connectivity index (χ3v) is 8.83. The van der Waals surface area contributed by atoms with Gasteiger partial charge in [-0.25, -0.2) is 19.3 Å². The van der Waals surface area contributed by atoms with Gasteiger partial charge >= 0.3 is 0 Å². The standard InChI is InChI=1S/C27H29FN6O2S/c1-16-23-21(7-9-33(2)26(23)35)37-25(16)24-20(28)14-30-27(32-24)31-22-4-3-18(13-29-22)17-5-10-34(11-6-17)19-8-12-36-15-19/h3-4,7,9,13-14,17,19H,5-6,8,10-12,15H2,1-2H3,(H,29,30,31,32). The number of rotatable bonds is 5. The molecule has 8 nitrogen and oxygen atoms in total. The SMILES string of the molecule is Cc1c(-c2nc(Nc3ccc(C4CCN(C5CCOC5)CC4)cn3)ncc2F)sc2ccn(C)c(=O)c12. The molecule has 0 spiro atoms. The minimum atomic E-state index is -0.532. The van der Waals surface area contributed by atoms with Crippen molar-refractivity contribution in [1.82, 2.24) is 24.4 Å². The zero-order chi connectivity index (χ0) is 25.5. The van der Waals surface area contributed by atoms with E-state index in [2.05, 4.69) is 31.2 Å². The van der Waals surface area contributed by atoms with E-state index in [0.29, 0.717) is 28.0 Å². The van der Waals surface area contributed by atoms with Gasteiger partial charge in [0.1, 0.15) is 11.5 Å². The highest BCUT2D eigenvalue weighted by atomic mass is 32.1. The van der Waals surface area contributed by atoms with Gasteiger partial charge in [0.25, 0.3) is 5.56 Å². The number of nitrogens with one attached hydrogen (secondary N) is 1. The van der Waals surface area contributed by atoms with Gasteiger partial charge in [-0.1, -0.05) is 6.07 Å². The van der Waals surface area contributed by atoms with Crippen LogP contribution < -0.4 is 10.9 Å². The molecule has 0 bridgehead atoms. The molecular formula is C27H29FN6O2S. The Kier molecular flexibility index (Phi) is 6.48. The lowest BCUT2D eigenvalue weighted by atomic mass is 9.90. The van der Waals surface area contributed by atoms with Gasteiger partial charge in [-0.3, -0.25) is 9.69 Å². The van der Waals surface area contributed by atoms with Gasteiger partial charge in [-0.2, -0.15) is 0 Å². The van der Waals surface area contributed by atoms with Gasteiger partial charge < -0.3 is 14.6 Å². The van der Waals surface area contributed by atoms with Crippen molar-refractivity contribution in [3.05, 3.63) is 64.1 Å². The molecule has 10 heteroatoms. The molecule has 4 aromatic rings. The molecule has 6 heterocycles. The van der Waals surface area contributed by atoms with Crippen LogP contribution in [0, 0.1) is 12.7 Å². The second kappa shape index (κ2) is 9.92. The predicted molar refractivity (Wildman–Crippen MR) is 143 cm³/mol. The summed E-state index contributed by atoms with van der Waals surface area (Å²) in [4.78, 5) is 29.0. The van der Waals surface area contributed by atoms with Gasteiger partial charge in [0, 0.05) is 36.8 Å². The van der Waals surface area contributed by atoms with Crippen LogP contribution in [0.25, 0.3) is 20.7 Å². The Morgan fingerprint density at radius 2 is 1.97 bits per heavy atom. The Hall–Kier alpha value is -3.21. The molecule has 2 aliphatic heterocycles. The Bertz CT molecular complexity index is 1490. The summed E-state index contributed by atoms with van der Waals surface area (Å²) in [6.45, 7) is 5.76. The van der Waals surface area contributed by atoms with Crippen molar-refractivity contribution in [2.75, 3.05) is 31.6 Å². The van der Waals surface area contributed by atoms with Crippen LogP contribution in [0.2, 0.25) is 0 Å². The molecule has 0 radical (unpaired) electrons. The number of pyridine rings is 2. The average Bonchev–Trinajstić information content (AvgIpc) is 3.57. The lowest BCUT2D eigenvalue weighted by Gasteiger charge is -2.35. The van der Waals surface area contributed by atoms with E-state index in [9.17, 15) is 9.18 Å². The molecule has 1 unspecified atom stereocenters. The molecule has 2 saturated heterocycles. The minimum absolute atomic E-state index is 0.104. The monoisotopic (exact) mass is 520 g/mol. The van der Waals surface area contributed by atoms with Crippen molar-refractivity contribution >= 4 is 33.2 Å². The topological polar surface area (TPSA) is 85.2 Å². The predicted octanol–water partition coefficient (Wildman–Crippen LogP) is 4.61. The maximum absolute atomic E-state index is 14.8. The first kappa shape index (κ1) is 24.1. The van der Waals surface area contributed by atoms with Crippen LogP contribution in [0.15, 0.2) is 41.6 Å². The van der Waals surface area contributed by atoms with Crippen molar-refractivity contribution in [3.8, 4) is 10.6 Å². The number of hydrogen-bond donors (Lipinski definition) is 1. The van der Waals surface area contributed by atoms with Crippen molar-refractivity contribution in [2.45, 2.75) is 38.1 Å². The molecule has 1 N–H and O–H groups in total. The Morgan fingerprint density at radius 3 is 2.70 bits per heavy atom. The third-order valence-electron chi connectivity index (χ3n) is 7.57. The van der Waals surface area contributed by atoms with Crippen molar-refractivity contribution in [3.63, 3.8) is 0 Å². The molecule has 0 aliphatic carbocycles. The fraction of sp³-hybridized carbons (Fsp3) is 0.407. The summed E-state index contributed by atoms with van der Waals surface area (Å²) in [6, 6.07) is 6.47. The van der Waals surface area contributed by atoms with E-state index in [0.717, 1.165) is 62.0 Å². The molecule has 0 saturated carbocycles. The fourth-order valence-electron chi connectivity index (χ4n) is 5.40. The summed E-state index contributed by atoms with van der Waals surface area (Å²) in [6.07, 6.45) is 8.17. The van der Waals surface area contributed by atoms with E-state index >= 15 is 0 Å². The summed E-state index contributed by atoms with van der Waals surface area (Å²) < 4.78 is 22.7. The summed E-state index contributed by atoms with van der Waals surface area (Å²) in [5.41, 5.74) is 2.02. The van der Waals surface area contributed by atoms with E-state index < -0.39 is 5.82 Å². The maximum atomic E-state index is 14.8. The lowest BCUT2D eigenvalue weighted by Crippen LogP contribution is -2.41. The highest BCUT2D eigenvalue weighted by Gasteiger charge is 2.28. The highest BCUT2D eigenvalue weighted by molar-refractivity contribution is 7.22. The molecule has 4 aromatic heterocycles. The van der Waals surface area contributed by atoms with Crippen LogP contribution >= 0.6 is 11.3 Å². The number of nitrogens with zero attached hydrogens (tertiary/aromatic N) is 5. The zero-order valence-electron chi connectivity index (χ0n) is 20.9. The number of fused-ring (bicyclic) bond motifs is 1. The third kappa shape index (κ3) is 4.65. The maximum Gasteiger partial charge on any atom is 0.259 e. The Labute approximate surface area is 218 Å². The Morgan fingerprint density at radius 1 is 1.14 bits per heavy atom. The van der Waals surface area contributed by atoms with E-state index in [1.165, 1.54) is 21.5 Å². The molecule has 2 aliphatic rings. The summed E-state index contributed by atoms with van der Waals surface area (Å²) >= 11 is 1.36. The second-order valence-electron chi connectivity index (χ2n) is 9.85. The van der Waals surface area contributed by atoms with Crippen LogP contribution in [0.5, 0.6) is 0 Å². The Balaban J connectivity index is 1.18. The van der Waals surface area contributed by atoms with Crippen LogP contribution in [0.3, 0.4) is 0 Å². The first-order valence-electron chi connectivity index (χ1n) is 12.6. The molecule has 37 heavy (non-hydrogen) atoms. The first-order chi connectivity index (χ1) is 18.0. The van der Waals surface area contributed by atoms with Gasteiger partial charge in [0.05, 0.1) is 23.1 Å². The van der Waals surface area contributed by atoms with Gasteiger partial charge in [-0.05, 0) is 68.5 Å². The number of ether oxygens (including phenoxy) is 1. The number of thiophene rings is 1. The van der Waals surface area contributed by atoms with Crippen molar-refractivity contribution < 1.29 is 9.13 Å². The van der Waals surface area contributed by atoms with Gasteiger partial charge in [0.15, 0.2) is 5.82 Å². The van der Waals surface area contributed by atoms with Crippen molar-refractivity contribution in [1.29, 1.82) is 0 Å². The lowest BCUT2D eigenvalue weighted by molar-refractivity contribution is 0.122. The molecule has 1 atom stereocenters. The number of aromatic nitrogens is 4. The number of hydrogen-bond acceptors (Lipinski definition) is 8. The van der Waals surface area contributed by atoms with E-state index in [1.54, 1.807) is 13.2 Å². The summed E-state index contributed by atoms with van der Waals surface area (Å²) in [5, 5.41) is 3.70. The smallest absolute Gasteiger partial charge is 0.259 e. The molecule has 0 amide bonds. The number of halogens is 1. The number of likely N-dealkylation sites (tertiary alicyclic amines) is 1. The number of piperidine rings is 1. The normalized spacial score (nSPS) is 19.1. The minimum Gasteiger partial charge on any atom is -0.380 e. The van der Waals surface area contributed by atoms with E-state index in [1.807, 2.05) is 25.3 Å². The number of aryl methyl sites for hydroxylation is 2. The second-order valence-corrected chi connectivity index (χ2v) is 10.9.